The number of amides is 1. The van der Waals surface area contributed by atoms with Gasteiger partial charge in [0.2, 0.25) is 5.91 Å². The van der Waals surface area contributed by atoms with Crippen LogP contribution in [0.3, 0.4) is 0 Å². The minimum atomic E-state index is -0.890. The Morgan fingerprint density at radius 3 is 2.59 bits per heavy atom. The van der Waals surface area contributed by atoms with E-state index in [2.05, 4.69) is 6.92 Å². The standard InChI is InChI=1S/C17H20FNO3/c1-10-7-15(11-3-2-4-12(18)8-11)19(9-10)16(20)13-5-6-14(13)17(21)22/h2-4,8,10,13-15H,5-7,9H2,1H3,(H,21,22). The Bertz CT molecular complexity index is 603. The number of halogens is 1. The molecule has 1 saturated heterocycles. The quantitative estimate of drug-likeness (QED) is 0.934. The number of nitrogens with zero attached hydrogens (tertiary/aromatic N) is 1. The molecular weight excluding hydrogens is 285 g/mol. The molecule has 4 unspecified atom stereocenters. The zero-order valence-corrected chi connectivity index (χ0v) is 12.5. The Morgan fingerprint density at radius 1 is 1.27 bits per heavy atom. The number of likely N-dealkylation sites (tertiary alicyclic amines) is 1. The van der Waals surface area contributed by atoms with Crippen molar-refractivity contribution in [3.05, 3.63) is 35.6 Å². The summed E-state index contributed by atoms with van der Waals surface area (Å²) in [5.74, 6) is -1.93. The largest absolute Gasteiger partial charge is 0.481 e. The van der Waals surface area contributed by atoms with Crippen molar-refractivity contribution in [3.63, 3.8) is 0 Å². The van der Waals surface area contributed by atoms with Gasteiger partial charge in [-0.2, -0.15) is 0 Å². The van der Waals surface area contributed by atoms with Crippen LogP contribution in [0, 0.1) is 23.6 Å². The molecule has 22 heavy (non-hydrogen) atoms. The van der Waals surface area contributed by atoms with Crippen molar-refractivity contribution in [2.75, 3.05) is 6.54 Å². The molecule has 5 heteroatoms. The molecule has 1 aliphatic heterocycles. The SMILES string of the molecule is CC1CC(c2cccc(F)c2)N(C(=O)C2CCC2C(=O)O)C1. The van der Waals surface area contributed by atoms with Crippen LogP contribution in [0.1, 0.15) is 37.8 Å². The van der Waals surface area contributed by atoms with Gasteiger partial charge >= 0.3 is 5.97 Å². The van der Waals surface area contributed by atoms with Crippen molar-refractivity contribution in [2.45, 2.75) is 32.2 Å². The molecule has 1 saturated carbocycles. The van der Waals surface area contributed by atoms with Crippen molar-refractivity contribution in [1.29, 1.82) is 0 Å². The maximum Gasteiger partial charge on any atom is 0.307 e. The van der Waals surface area contributed by atoms with Crippen LogP contribution in [-0.2, 0) is 9.59 Å². The van der Waals surface area contributed by atoms with Crippen LogP contribution in [-0.4, -0.2) is 28.4 Å². The molecule has 1 aliphatic carbocycles. The van der Waals surface area contributed by atoms with Crippen LogP contribution in [0.4, 0.5) is 4.39 Å². The fraction of sp³-hybridized carbons (Fsp3) is 0.529. The molecule has 0 spiro atoms. The molecule has 1 N–H and O–H groups in total. The first-order valence-electron chi connectivity index (χ1n) is 7.76. The van der Waals surface area contributed by atoms with Gasteiger partial charge in [-0.05, 0) is 42.9 Å². The second-order valence-corrected chi connectivity index (χ2v) is 6.53. The third-order valence-corrected chi connectivity index (χ3v) is 4.94. The van der Waals surface area contributed by atoms with E-state index in [-0.39, 0.29) is 17.8 Å². The van der Waals surface area contributed by atoms with E-state index in [4.69, 9.17) is 5.11 Å². The monoisotopic (exact) mass is 305 g/mol. The van der Waals surface area contributed by atoms with E-state index in [1.54, 1.807) is 11.0 Å². The number of benzene rings is 1. The summed E-state index contributed by atoms with van der Waals surface area (Å²) < 4.78 is 13.5. The fourth-order valence-electron chi connectivity index (χ4n) is 3.62. The summed E-state index contributed by atoms with van der Waals surface area (Å²) >= 11 is 0. The number of carboxylic acid groups (broad SMARTS) is 1. The predicted molar refractivity (Wildman–Crippen MR) is 78.5 cm³/mol. The van der Waals surface area contributed by atoms with Crippen LogP contribution in [0.15, 0.2) is 24.3 Å². The van der Waals surface area contributed by atoms with E-state index in [0.717, 1.165) is 12.0 Å². The molecule has 1 heterocycles. The molecular formula is C17H20FNO3. The van der Waals surface area contributed by atoms with E-state index < -0.39 is 17.8 Å². The summed E-state index contributed by atoms with van der Waals surface area (Å²) in [5.41, 5.74) is 0.795. The predicted octanol–water partition coefficient (Wildman–Crippen LogP) is 2.85. The van der Waals surface area contributed by atoms with Gasteiger partial charge in [-0.15, -0.1) is 0 Å². The molecule has 1 aromatic carbocycles. The molecule has 1 aromatic rings. The zero-order valence-electron chi connectivity index (χ0n) is 12.5. The van der Waals surface area contributed by atoms with Crippen LogP contribution in [0.25, 0.3) is 0 Å². The Balaban J connectivity index is 1.82. The maximum absolute atomic E-state index is 13.5. The molecule has 118 valence electrons. The molecule has 4 atom stereocenters. The summed E-state index contributed by atoms with van der Waals surface area (Å²) in [6, 6.07) is 6.20. The molecule has 3 rings (SSSR count). The minimum absolute atomic E-state index is 0.0859. The van der Waals surface area contributed by atoms with Gasteiger partial charge in [-0.1, -0.05) is 19.1 Å². The highest BCUT2D eigenvalue weighted by Gasteiger charge is 2.46. The van der Waals surface area contributed by atoms with Gasteiger partial charge in [0.25, 0.3) is 0 Å². The second-order valence-electron chi connectivity index (χ2n) is 6.53. The van der Waals surface area contributed by atoms with Crippen molar-refractivity contribution in [1.82, 2.24) is 4.90 Å². The van der Waals surface area contributed by atoms with Gasteiger partial charge in [-0.3, -0.25) is 9.59 Å². The number of hydrogen-bond acceptors (Lipinski definition) is 2. The average Bonchev–Trinajstić information content (AvgIpc) is 2.79. The number of aliphatic carboxylic acids is 1. The highest BCUT2D eigenvalue weighted by Crippen LogP contribution is 2.41. The van der Waals surface area contributed by atoms with Crippen LogP contribution in [0.5, 0.6) is 0 Å². The van der Waals surface area contributed by atoms with Crippen LogP contribution in [0.2, 0.25) is 0 Å². The number of rotatable bonds is 3. The van der Waals surface area contributed by atoms with E-state index in [0.29, 0.717) is 25.3 Å². The summed E-state index contributed by atoms with van der Waals surface area (Å²) in [4.78, 5) is 25.6. The second kappa shape index (κ2) is 5.71. The molecule has 1 amide bonds. The third-order valence-electron chi connectivity index (χ3n) is 4.94. The molecule has 0 aromatic heterocycles. The lowest BCUT2D eigenvalue weighted by molar-refractivity contribution is -0.157. The fourth-order valence-corrected chi connectivity index (χ4v) is 3.62. The van der Waals surface area contributed by atoms with E-state index in [1.807, 2.05) is 6.07 Å². The molecule has 2 aliphatic rings. The lowest BCUT2D eigenvalue weighted by atomic mass is 9.72. The first-order valence-corrected chi connectivity index (χ1v) is 7.76. The normalized spacial score (nSPS) is 30.9. The number of carbonyl (C=O) groups excluding carboxylic acids is 1. The topological polar surface area (TPSA) is 57.6 Å². The van der Waals surface area contributed by atoms with Crippen molar-refractivity contribution in [2.24, 2.45) is 17.8 Å². The third kappa shape index (κ3) is 2.60. The van der Waals surface area contributed by atoms with Gasteiger partial charge in [-0.25, -0.2) is 4.39 Å². The lowest BCUT2D eigenvalue weighted by Crippen LogP contribution is -2.46. The minimum Gasteiger partial charge on any atom is -0.481 e. The number of carbonyl (C=O) groups is 2. The maximum atomic E-state index is 13.5. The Morgan fingerprint density at radius 2 is 2.00 bits per heavy atom. The van der Waals surface area contributed by atoms with Gasteiger partial charge in [0.05, 0.1) is 17.9 Å². The van der Waals surface area contributed by atoms with E-state index >= 15 is 0 Å². The van der Waals surface area contributed by atoms with Gasteiger partial charge < -0.3 is 10.0 Å². The van der Waals surface area contributed by atoms with Crippen LogP contribution < -0.4 is 0 Å². The first kappa shape index (κ1) is 15.0. The Kier molecular flexibility index (Phi) is 3.89. The highest BCUT2D eigenvalue weighted by atomic mass is 19.1. The summed E-state index contributed by atoms with van der Waals surface area (Å²) in [6.45, 7) is 2.68. The Hall–Kier alpha value is -1.91. The van der Waals surface area contributed by atoms with Crippen molar-refractivity contribution in [3.8, 4) is 0 Å². The van der Waals surface area contributed by atoms with Gasteiger partial charge in [0.15, 0.2) is 0 Å². The smallest absolute Gasteiger partial charge is 0.307 e. The summed E-state index contributed by atoms with van der Waals surface area (Å²) in [7, 11) is 0. The Labute approximate surface area is 128 Å². The highest BCUT2D eigenvalue weighted by molar-refractivity contribution is 5.86. The number of hydrogen-bond donors (Lipinski definition) is 1. The lowest BCUT2D eigenvalue weighted by Gasteiger charge is -2.37. The number of carboxylic acids is 1. The van der Waals surface area contributed by atoms with Gasteiger partial charge in [0.1, 0.15) is 5.82 Å². The summed E-state index contributed by atoms with van der Waals surface area (Å²) in [6.07, 6.45) is 2.00. The molecule has 0 radical (unpaired) electrons. The van der Waals surface area contributed by atoms with Crippen molar-refractivity contribution < 1.29 is 19.1 Å². The molecule has 2 fully saturated rings. The van der Waals surface area contributed by atoms with E-state index in [9.17, 15) is 14.0 Å². The van der Waals surface area contributed by atoms with E-state index in [1.165, 1.54) is 12.1 Å². The summed E-state index contributed by atoms with van der Waals surface area (Å²) in [5, 5.41) is 9.15. The first-order chi connectivity index (χ1) is 10.5. The van der Waals surface area contributed by atoms with Gasteiger partial charge in [0, 0.05) is 6.54 Å². The zero-order chi connectivity index (χ0) is 15.9. The average molecular weight is 305 g/mol. The molecule has 0 bridgehead atoms. The molecule has 4 nitrogen and oxygen atoms in total. The van der Waals surface area contributed by atoms with Crippen LogP contribution >= 0.6 is 0 Å². The van der Waals surface area contributed by atoms with Crippen molar-refractivity contribution >= 4 is 11.9 Å².